The summed E-state index contributed by atoms with van der Waals surface area (Å²) in [5, 5.41) is 3.27. The first-order valence-corrected chi connectivity index (χ1v) is 10.1. The Morgan fingerprint density at radius 3 is 2.21 bits per heavy atom. The summed E-state index contributed by atoms with van der Waals surface area (Å²) in [7, 11) is 0. The highest BCUT2D eigenvalue weighted by molar-refractivity contribution is 14.1. The van der Waals surface area contributed by atoms with Crippen molar-refractivity contribution in [1.82, 2.24) is 9.97 Å². The van der Waals surface area contributed by atoms with E-state index in [-0.39, 0.29) is 5.82 Å². The van der Waals surface area contributed by atoms with Crippen molar-refractivity contribution >= 4 is 51.3 Å². The largest absolute Gasteiger partial charge is 0.393 e. The summed E-state index contributed by atoms with van der Waals surface area (Å²) in [5.74, 6) is 1.12. The lowest BCUT2D eigenvalue weighted by Gasteiger charge is -2.37. The van der Waals surface area contributed by atoms with Gasteiger partial charge in [-0.15, -0.1) is 0 Å². The summed E-state index contributed by atoms with van der Waals surface area (Å²) in [4.78, 5) is 13.1. The maximum absolute atomic E-state index is 13.1. The number of nitrogen functional groups attached to an aromatic ring is 1. The third-order valence-electron chi connectivity index (χ3n) is 4.74. The SMILES string of the molecule is Nc1c(Nc2ccc(I)cc2)ncnc1N1CCN(c2ccc(F)cc2)CC1. The van der Waals surface area contributed by atoms with Crippen LogP contribution in [0.25, 0.3) is 0 Å². The number of nitrogens with two attached hydrogens (primary N) is 1. The fourth-order valence-corrected chi connectivity index (χ4v) is 3.60. The van der Waals surface area contributed by atoms with Gasteiger partial charge in [-0.1, -0.05) is 0 Å². The maximum atomic E-state index is 13.1. The van der Waals surface area contributed by atoms with Gasteiger partial charge in [0.1, 0.15) is 17.8 Å². The van der Waals surface area contributed by atoms with Crippen LogP contribution in [0.15, 0.2) is 54.9 Å². The molecule has 1 aliphatic rings. The smallest absolute Gasteiger partial charge is 0.159 e. The normalized spacial score (nSPS) is 14.2. The highest BCUT2D eigenvalue weighted by atomic mass is 127. The van der Waals surface area contributed by atoms with Crippen LogP contribution in [-0.4, -0.2) is 36.1 Å². The molecule has 3 N–H and O–H groups in total. The van der Waals surface area contributed by atoms with Crippen molar-refractivity contribution in [2.75, 3.05) is 47.0 Å². The van der Waals surface area contributed by atoms with E-state index in [1.807, 2.05) is 36.4 Å². The number of rotatable bonds is 4. The fraction of sp³-hybridized carbons (Fsp3) is 0.200. The minimum Gasteiger partial charge on any atom is -0.393 e. The van der Waals surface area contributed by atoms with E-state index in [0.717, 1.165) is 43.4 Å². The van der Waals surface area contributed by atoms with Crippen molar-refractivity contribution in [2.24, 2.45) is 0 Å². The Morgan fingerprint density at radius 1 is 0.893 bits per heavy atom. The first-order valence-electron chi connectivity index (χ1n) is 8.99. The fourth-order valence-electron chi connectivity index (χ4n) is 3.24. The average molecular weight is 490 g/mol. The second-order valence-corrected chi connectivity index (χ2v) is 7.79. The standard InChI is InChI=1S/C20H20FIN6/c21-14-1-7-17(8-2-14)27-9-11-28(12-10-27)20-18(23)19(24-13-25-20)26-16-5-3-15(22)4-6-16/h1-8,13H,9-12,23H2,(H,24,25,26). The predicted molar refractivity (Wildman–Crippen MR) is 120 cm³/mol. The molecule has 8 heteroatoms. The minimum atomic E-state index is -0.218. The van der Waals surface area contributed by atoms with Crippen molar-refractivity contribution in [2.45, 2.75) is 0 Å². The molecule has 4 rings (SSSR count). The number of nitrogens with one attached hydrogen (secondary N) is 1. The number of benzene rings is 2. The van der Waals surface area contributed by atoms with Crippen LogP contribution < -0.4 is 20.9 Å². The molecular formula is C20H20FIN6. The summed E-state index contributed by atoms with van der Waals surface area (Å²) < 4.78 is 14.3. The summed E-state index contributed by atoms with van der Waals surface area (Å²) in [6.45, 7) is 3.19. The number of piperazine rings is 1. The van der Waals surface area contributed by atoms with Crippen LogP contribution in [0.4, 0.5) is 33.1 Å². The van der Waals surface area contributed by atoms with Crippen LogP contribution in [0.5, 0.6) is 0 Å². The lowest BCUT2D eigenvalue weighted by atomic mass is 10.2. The van der Waals surface area contributed by atoms with Gasteiger partial charge < -0.3 is 20.9 Å². The zero-order chi connectivity index (χ0) is 19.5. The molecule has 3 aromatic rings. The van der Waals surface area contributed by atoms with E-state index in [2.05, 4.69) is 47.7 Å². The third-order valence-corrected chi connectivity index (χ3v) is 5.46. The van der Waals surface area contributed by atoms with E-state index < -0.39 is 0 Å². The summed E-state index contributed by atoms with van der Waals surface area (Å²) in [6, 6.07) is 14.6. The molecule has 0 saturated carbocycles. The van der Waals surface area contributed by atoms with Crippen LogP contribution >= 0.6 is 22.6 Å². The van der Waals surface area contributed by atoms with Gasteiger partial charge in [-0.05, 0) is 71.1 Å². The molecule has 1 aliphatic heterocycles. The molecule has 144 valence electrons. The Morgan fingerprint density at radius 2 is 1.54 bits per heavy atom. The summed E-state index contributed by atoms with van der Waals surface area (Å²) >= 11 is 2.27. The van der Waals surface area contributed by atoms with Crippen LogP contribution in [0.2, 0.25) is 0 Å². The topological polar surface area (TPSA) is 70.3 Å². The number of hydrogen-bond donors (Lipinski definition) is 2. The van der Waals surface area contributed by atoms with Gasteiger partial charge in [0.25, 0.3) is 0 Å². The van der Waals surface area contributed by atoms with Crippen LogP contribution in [0.3, 0.4) is 0 Å². The molecule has 0 amide bonds. The van der Waals surface area contributed by atoms with Crippen LogP contribution in [0.1, 0.15) is 0 Å². The summed E-state index contributed by atoms with van der Waals surface area (Å²) in [5.41, 5.74) is 8.86. The van der Waals surface area contributed by atoms with Gasteiger partial charge in [-0.2, -0.15) is 0 Å². The van der Waals surface area contributed by atoms with Crippen molar-refractivity contribution in [1.29, 1.82) is 0 Å². The molecule has 1 fully saturated rings. The van der Waals surface area contributed by atoms with E-state index >= 15 is 0 Å². The molecule has 1 saturated heterocycles. The molecule has 6 nitrogen and oxygen atoms in total. The lowest BCUT2D eigenvalue weighted by molar-refractivity contribution is 0.624. The zero-order valence-electron chi connectivity index (χ0n) is 15.1. The summed E-state index contributed by atoms with van der Waals surface area (Å²) in [6.07, 6.45) is 1.53. The maximum Gasteiger partial charge on any atom is 0.159 e. The monoisotopic (exact) mass is 490 g/mol. The average Bonchev–Trinajstić information content (AvgIpc) is 2.72. The molecule has 28 heavy (non-hydrogen) atoms. The molecule has 0 bridgehead atoms. The number of aromatic nitrogens is 2. The molecule has 0 atom stereocenters. The number of hydrogen-bond acceptors (Lipinski definition) is 6. The number of nitrogens with zero attached hydrogens (tertiary/aromatic N) is 4. The Hall–Kier alpha value is -2.62. The first kappa shape index (κ1) is 18.7. The molecule has 0 unspecified atom stereocenters. The van der Waals surface area contributed by atoms with Crippen molar-refractivity contribution in [3.8, 4) is 0 Å². The van der Waals surface area contributed by atoms with Gasteiger partial charge in [0.05, 0.1) is 0 Å². The molecule has 0 spiro atoms. The quantitative estimate of drug-likeness (QED) is 0.542. The third kappa shape index (κ3) is 4.11. The lowest BCUT2D eigenvalue weighted by Crippen LogP contribution is -2.47. The molecule has 0 radical (unpaired) electrons. The van der Waals surface area contributed by atoms with Gasteiger partial charge in [0.15, 0.2) is 11.6 Å². The highest BCUT2D eigenvalue weighted by Gasteiger charge is 2.21. The van der Waals surface area contributed by atoms with E-state index in [9.17, 15) is 4.39 Å². The molecule has 2 heterocycles. The Balaban J connectivity index is 1.46. The zero-order valence-corrected chi connectivity index (χ0v) is 17.3. The molecule has 2 aromatic carbocycles. The van der Waals surface area contributed by atoms with Crippen molar-refractivity contribution < 1.29 is 4.39 Å². The Labute approximate surface area is 176 Å². The van der Waals surface area contributed by atoms with E-state index in [4.69, 9.17) is 5.73 Å². The van der Waals surface area contributed by atoms with Gasteiger partial charge >= 0.3 is 0 Å². The highest BCUT2D eigenvalue weighted by Crippen LogP contribution is 2.30. The molecule has 0 aliphatic carbocycles. The Bertz CT molecular complexity index is 940. The predicted octanol–water partition coefficient (Wildman–Crippen LogP) is 3.87. The van der Waals surface area contributed by atoms with E-state index in [0.29, 0.717) is 11.5 Å². The van der Waals surface area contributed by atoms with E-state index in [1.54, 1.807) is 0 Å². The Kier molecular flexibility index (Phi) is 5.47. The van der Waals surface area contributed by atoms with Crippen molar-refractivity contribution in [3.63, 3.8) is 0 Å². The molecular weight excluding hydrogens is 470 g/mol. The second kappa shape index (κ2) is 8.17. The van der Waals surface area contributed by atoms with Gasteiger partial charge in [-0.25, -0.2) is 14.4 Å². The van der Waals surface area contributed by atoms with E-state index in [1.165, 1.54) is 22.0 Å². The second-order valence-electron chi connectivity index (χ2n) is 6.54. The van der Waals surface area contributed by atoms with Gasteiger partial charge in [0, 0.05) is 41.1 Å². The van der Waals surface area contributed by atoms with Gasteiger partial charge in [0.2, 0.25) is 0 Å². The molecule has 1 aromatic heterocycles. The van der Waals surface area contributed by atoms with Crippen LogP contribution in [0, 0.1) is 9.39 Å². The number of anilines is 5. The van der Waals surface area contributed by atoms with Crippen molar-refractivity contribution in [3.05, 3.63) is 64.2 Å². The first-order chi connectivity index (χ1) is 13.6. The number of halogens is 2. The van der Waals surface area contributed by atoms with Gasteiger partial charge in [-0.3, -0.25) is 0 Å². The van der Waals surface area contributed by atoms with Crippen LogP contribution in [-0.2, 0) is 0 Å². The minimum absolute atomic E-state index is 0.218.